The van der Waals surface area contributed by atoms with Crippen molar-refractivity contribution < 1.29 is 14.7 Å². The maximum Gasteiger partial charge on any atom is 0.329 e. The monoisotopic (exact) mass is 270 g/mol. The first kappa shape index (κ1) is 16.0. The van der Waals surface area contributed by atoms with Gasteiger partial charge in [-0.3, -0.25) is 4.79 Å². The van der Waals surface area contributed by atoms with Crippen LogP contribution in [0.25, 0.3) is 0 Å². The minimum Gasteiger partial charge on any atom is -0.480 e. The van der Waals surface area contributed by atoms with Gasteiger partial charge in [0, 0.05) is 12.5 Å². The lowest BCUT2D eigenvalue weighted by Crippen LogP contribution is -2.57. The molecule has 0 aromatic rings. The quantitative estimate of drug-likeness (QED) is 0.681. The van der Waals surface area contributed by atoms with Crippen molar-refractivity contribution in [1.82, 2.24) is 10.6 Å². The summed E-state index contributed by atoms with van der Waals surface area (Å²) in [5, 5.41) is 15.3. The fourth-order valence-corrected chi connectivity index (χ4v) is 2.46. The van der Waals surface area contributed by atoms with Gasteiger partial charge in [-0.15, -0.1) is 0 Å². The molecule has 5 heteroatoms. The standard InChI is InChI=1S/C14H26N2O3/c1-4-15-9-11(3)12(17)16-14(13(18)19)7-5-10(2)6-8-14/h10-11,15H,4-9H2,1-3H3,(H,16,17)(H,18,19). The van der Waals surface area contributed by atoms with E-state index in [0.29, 0.717) is 25.3 Å². The van der Waals surface area contributed by atoms with Crippen molar-refractivity contribution in [3.05, 3.63) is 0 Å². The van der Waals surface area contributed by atoms with Gasteiger partial charge in [-0.2, -0.15) is 0 Å². The fourth-order valence-electron chi connectivity index (χ4n) is 2.46. The molecule has 110 valence electrons. The number of aliphatic carboxylic acids is 1. The summed E-state index contributed by atoms with van der Waals surface area (Å²) < 4.78 is 0. The maximum absolute atomic E-state index is 12.1. The Labute approximate surface area is 115 Å². The molecular weight excluding hydrogens is 244 g/mol. The number of carbonyl (C=O) groups excluding carboxylic acids is 1. The van der Waals surface area contributed by atoms with Gasteiger partial charge in [0.25, 0.3) is 0 Å². The van der Waals surface area contributed by atoms with Gasteiger partial charge >= 0.3 is 5.97 Å². The lowest BCUT2D eigenvalue weighted by molar-refractivity contribution is -0.150. The fraction of sp³-hybridized carbons (Fsp3) is 0.857. The minimum absolute atomic E-state index is 0.169. The molecule has 0 bridgehead atoms. The predicted octanol–water partition coefficient (Wildman–Crippen LogP) is 1.38. The number of nitrogens with one attached hydrogen (secondary N) is 2. The average Bonchev–Trinajstić information content (AvgIpc) is 2.38. The van der Waals surface area contributed by atoms with Crippen molar-refractivity contribution in [3.63, 3.8) is 0 Å². The van der Waals surface area contributed by atoms with Crippen LogP contribution in [0.1, 0.15) is 46.5 Å². The maximum atomic E-state index is 12.1. The second kappa shape index (κ2) is 6.89. The Balaban J connectivity index is 2.63. The first-order valence-corrected chi connectivity index (χ1v) is 7.17. The van der Waals surface area contributed by atoms with Crippen molar-refractivity contribution in [2.75, 3.05) is 13.1 Å². The lowest BCUT2D eigenvalue weighted by Gasteiger charge is -2.37. The second-order valence-electron chi connectivity index (χ2n) is 5.77. The van der Waals surface area contributed by atoms with Crippen molar-refractivity contribution in [3.8, 4) is 0 Å². The van der Waals surface area contributed by atoms with Crippen molar-refractivity contribution >= 4 is 11.9 Å². The molecule has 0 aromatic heterocycles. The van der Waals surface area contributed by atoms with Gasteiger partial charge in [-0.25, -0.2) is 4.79 Å². The van der Waals surface area contributed by atoms with Crippen LogP contribution in [0.4, 0.5) is 0 Å². The zero-order valence-corrected chi connectivity index (χ0v) is 12.2. The summed E-state index contributed by atoms with van der Waals surface area (Å²) in [6.45, 7) is 7.31. The van der Waals surface area contributed by atoms with Crippen LogP contribution in [0, 0.1) is 11.8 Å². The molecule has 3 N–H and O–H groups in total. The Morgan fingerprint density at radius 1 is 1.37 bits per heavy atom. The molecule has 19 heavy (non-hydrogen) atoms. The van der Waals surface area contributed by atoms with Crippen molar-refractivity contribution in [2.24, 2.45) is 11.8 Å². The van der Waals surface area contributed by atoms with E-state index in [0.717, 1.165) is 19.4 Å². The Morgan fingerprint density at radius 3 is 2.42 bits per heavy atom. The first-order valence-electron chi connectivity index (χ1n) is 7.17. The van der Waals surface area contributed by atoms with Gasteiger partial charge < -0.3 is 15.7 Å². The summed E-state index contributed by atoms with van der Waals surface area (Å²) in [7, 11) is 0. The Kier molecular flexibility index (Phi) is 5.79. The van der Waals surface area contributed by atoms with E-state index < -0.39 is 11.5 Å². The number of carboxylic acids is 1. The van der Waals surface area contributed by atoms with Crippen LogP contribution in [0.3, 0.4) is 0 Å². The third kappa shape index (κ3) is 4.20. The Morgan fingerprint density at radius 2 is 1.95 bits per heavy atom. The molecule has 1 atom stereocenters. The molecule has 1 rings (SSSR count). The van der Waals surface area contributed by atoms with E-state index in [4.69, 9.17) is 0 Å². The molecule has 1 unspecified atom stereocenters. The summed E-state index contributed by atoms with van der Waals surface area (Å²) in [5.74, 6) is -0.736. The molecule has 1 fully saturated rings. The van der Waals surface area contributed by atoms with Crippen LogP contribution in [-0.2, 0) is 9.59 Å². The SMILES string of the molecule is CCNCC(C)C(=O)NC1(C(=O)O)CCC(C)CC1. The topological polar surface area (TPSA) is 78.4 Å². The van der Waals surface area contributed by atoms with E-state index >= 15 is 0 Å². The predicted molar refractivity (Wildman–Crippen MR) is 73.8 cm³/mol. The highest BCUT2D eigenvalue weighted by molar-refractivity contribution is 5.88. The van der Waals surface area contributed by atoms with E-state index in [2.05, 4.69) is 17.6 Å². The molecule has 5 nitrogen and oxygen atoms in total. The normalized spacial score (nSPS) is 28.7. The summed E-state index contributed by atoms with van der Waals surface area (Å²) >= 11 is 0. The van der Waals surface area contributed by atoms with E-state index in [1.807, 2.05) is 13.8 Å². The Bertz CT molecular complexity index is 323. The van der Waals surface area contributed by atoms with E-state index in [-0.39, 0.29) is 11.8 Å². The first-order chi connectivity index (χ1) is 8.91. The molecular formula is C14H26N2O3. The molecule has 0 heterocycles. The van der Waals surface area contributed by atoms with E-state index in [9.17, 15) is 14.7 Å². The van der Waals surface area contributed by atoms with Crippen LogP contribution in [0.5, 0.6) is 0 Å². The summed E-state index contributed by atoms with van der Waals surface area (Å²) in [6.07, 6.45) is 2.77. The highest BCUT2D eigenvalue weighted by Gasteiger charge is 2.42. The van der Waals surface area contributed by atoms with Crippen LogP contribution in [-0.4, -0.2) is 35.6 Å². The Hall–Kier alpha value is -1.10. The van der Waals surface area contributed by atoms with E-state index in [1.54, 1.807) is 0 Å². The van der Waals surface area contributed by atoms with Gasteiger partial charge in [0.2, 0.25) is 5.91 Å². The van der Waals surface area contributed by atoms with Crippen molar-refractivity contribution in [1.29, 1.82) is 0 Å². The highest BCUT2D eigenvalue weighted by Crippen LogP contribution is 2.32. The number of rotatable bonds is 6. The zero-order chi connectivity index (χ0) is 14.5. The van der Waals surface area contributed by atoms with Gasteiger partial charge in [0.15, 0.2) is 0 Å². The number of carboxylic acid groups (broad SMARTS) is 1. The number of amides is 1. The number of hydrogen-bond donors (Lipinski definition) is 3. The summed E-state index contributed by atoms with van der Waals surface area (Å²) in [4.78, 5) is 23.6. The molecule has 1 saturated carbocycles. The lowest BCUT2D eigenvalue weighted by atomic mass is 9.77. The van der Waals surface area contributed by atoms with Gasteiger partial charge in [0.05, 0.1) is 0 Å². The highest BCUT2D eigenvalue weighted by atomic mass is 16.4. The van der Waals surface area contributed by atoms with E-state index in [1.165, 1.54) is 0 Å². The number of carbonyl (C=O) groups is 2. The molecule has 1 amide bonds. The summed E-state index contributed by atoms with van der Waals surface area (Å²) in [5.41, 5.74) is -1.05. The van der Waals surface area contributed by atoms with Crippen LogP contribution in [0.15, 0.2) is 0 Å². The molecule has 1 aliphatic carbocycles. The molecule has 0 spiro atoms. The minimum atomic E-state index is -1.05. The molecule has 0 saturated heterocycles. The van der Waals surface area contributed by atoms with Crippen LogP contribution < -0.4 is 10.6 Å². The van der Waals surface area contributed by atoms with Crippen LogP contribution >= 0.6 is 0 Å². The van der Waals surface area contributed by atoms with Crippen molar-refractivity contribution in [2.45, 2.75) is 52.0 Å². The van der Waals surface area contributed by atoms with Gasteiger partial charge in [-0.05, 0) is 38.1 Å². The largest absolute Gasteiger partial charge is 0.480 e. The molecule has 0 radical (unpaired) electrons. The number of hydrogen-bond acceptors (Lipinski definition) is 3. The third-order valence-corrected chi connectivity index (χ3v) is 4.05. The summed E-state index contributed by atoms with van der Waals surface area (Å²) in [6, 6.07) is 0. The smallest absolute Gasteiger partial charge is 0.329 e. The molecule has 0 aromatic carbocycles. The van der Waals surface area contributed by atoms with Gasteiger partial charge in [-0.1, -0.05) is 20.8 Å². The van der Waals surface area contributed by atoms with Crippen LogP contribution in [0.2, 0.25) is 0 Å². The molecule has 0 aliphatic heterocycles. The average molecular weight is 270 g/mol. The zero-order valence-electron chi connectivity index (χ0n) is 12.2. The third-order valence-electron chi connectivity index (χ3n) is 4.05. The molecule has 1 aliphatic rings. The second-order valence-corrected chi connectivity index (χ2v) is 5.77. The van der Waals surface area contributed by atoms with Gasteiger partial charge in [0.1, 0.15) is 5.54 Å².